The highest BCUT2D eigenvalue weighted by Gasteiger charge is 2.18. The summed E-state index contributed by atoms with van der Waals surface area (Å²) in [6, 6.07) is 4.78. The smallest absolute Gasteiger partial charge is 0.141 e. The van der Waals surface area contributed by atoms with E-state index in [1.807, 2.05) is 10.8 Å². The van der Waals surface area contributed by atoms with Crippen LogP contribution in [0.5, 0.6) is 0 Å². The second kappa shape index (κ2) is 5.58. The number of fused-ring (bicyclic) bond motifs is 1. The fourth-order valence-electron chi connectivity index (χ4n) is 2.83. The lowest BCUT2D eigenvalue weighted by Gasteiger charge is -2.07. The Morgan fingerprint density at radius 3 is 2.95 bits per heavy atom. The minimum Gasteiger partial charge on any atom is -0.388 e. The largest absolute Gasteiger partial charge is 0.388 e. The van der Waals surface area contributed by atoms with Crippen molar-refractivity contribution in [3.8, 4) is 0 Å². The van der Waals surface area contributed by atoms with Crippen LogP contribution in [0.2, 0.25) is 5.02 Å². The van der Waals surface area contributed by atoms with Gasteiger partial charge in [-0.3, -0.25) is 0 Å². The molecule has 0 bridgehead atoms. The van der Waals surface area contributed by atoms with E-state index in [9.17, 15) is 9.50 Å². The third-order valence-corrected chi connectivity index (χ3v) is 4.17. The topological polar surface area (TPSA) is 25.2 Å². The molecule has 1 atom stereocenters. The van der Waals surface area contributed by atoms with Gasteiger partial charge in [-0.1, -0.05) is 24.1 Å². The molecule has 106 valence electrons. The van der Waals surface area contributed by atoms with Crippen LogP contribution >= 0.6 is 11.6 Å². The lowest BCUT2D eigenvalue weighted by Crippen LogP contribution is -1.98. The molecule has 2 nitrogen and oxygen atoms in total. The summed E-state index contributed by atoms with van der Waals surface area (Å²) in [6.45, 7) is 0.639. The van der Waals surface area contributed by atoms with Gasteiger partial charge in [0.2, 0.25) is 0 Å². The molecule has 2 aromatic rings. The second-order valence-corrected chi connectivity index (χ2v) is 5.83. The number of aliphatic hydroxyl groups excluding tert-OH is 1. The molecule has 0 saturated carbocycles. The highest BCUT2D eigenvalue weighted by Crippen LogP contribution is 2.29. The molecule has 0 amide bonds. The van der Waals surface area contributed by atoms with Crippen LogP contribution in [0.1, 0.15) is 42.1 Å². The van der Waals surface area contributed by atoms with E-state index in [2.05, 4.69) is 6.20 Å². The molecule has 0 saturated heterocycles. The third-order valence-electron chi connectivity index (χ3n) is 3.88. The first kappa shape index (κ1) is 13.7. The highest BCUT2D eigenvalue weighted by molar-refractivity contribution is 6.30. The first-order valence-electron chi connectivity index (χ1n) is 6.94. The van der Waals surface area contributed by atoms with Crippen LogP contribution in [-0.2, 0) is 13.0 Å². The van der Waals surface area contributed by atoms with Crippen molar-refractivity contribution in [3.63, 3.8) is 0 Å². The van der Waals surface area contributed by atoms with Gasteiger partial charge in [0.15, 0.2) is 0 Å². The van der Waals surface area contributed by atoms with Crippen LogP contribution in [0, 0.1) is 5.82 Å². The molecule has 1 aliphatic rings. The summed E-state index contributed by atoms with van der Waals surface area (Å²) in [5.74, 6) is -0.394. The number of benzene rings is 1. The zero-order valence-corrected chi connectivity index (χ0v) is 11.9. The number of halogens is 2. The molecular weight excluding hydrogens is 277 g/mol. The number of nitrogens with zero attached hydrogens (tertiary/aromatic N) is 1. The Labute approximate surface area is 122 Å². The van der Waals surface area contributed by atoms with E-state index < -0.39 is 5.82 Å². The van der Waals surface area contributed by atoms with E-state index in [1.165, 1.54) is 11.6 Å². The maximum Gasteiger partial charge on any atom is 0.141 e. The Morgan fingerprint density at radius 2 is 2.15 bits per heavy atom. The quantitative estimate of drug-likeness (QED) is 0.829. The molecule has 0 radical (unpaired) electrons. The maximum absolute atomic E-state index is 13.1. The number of aromatic nitrogens is 1. The predicted molar refractivity (Wildman–Crippen MR) is 77.5 cm³/mol. The molecule has 1 heterocycles. The molecule has 1 aromatic heterocycles. The predicted octanol–water partition coefficient (Wildman–Crippen LogP) is 4.09. The molecule has 3 rings (SSSR count). The average Bonchev–Trinajstić information content (AvgIpc) is 2.74. The minimum absolute atomic E-state index is 0.149. The lowest BCUT2D eigenvalue weighted by molar-refractivity contribution is 0.166. The van der Waals surface area contributed by atoms with Crippen molar-refractivity contribution in [2.24, 2.45) is 0 Å². The monoisotopic (exact) mass is 293 g/mol. The fourth-order valence-corrected chi connectivity index (χ4v) is 3.03. The first-order chi connectivity index (χ1) is 9.63. The summed E-state index contributed by atoms with van der Waals surface area (Å²) in [5.41, 5.74) is 3.22. The first-order valence-corrected chi connectivity index (χ1v) is 7.32. The minimum atomic E-state index is -0.394. The van der Waals surface area contributed by atoms with Gasteiger partial charge in [0.05, 0.1) is 11.1 Å². The maximum atomic E-state index is 13.1. The zero-order valence-electron chi connectivity index (χ0n) is 11.1. The van der Waals surface area contributed by atoms with E-state index in [4.69, 9.17) is 11.6 Å². The molecule has 0 spiro atoms. The van der Waals surface area contributed by atoms with Crippen molar-refractivity contribution in [2.75, 3.05) is 0 Å². The van der Waals surface area contributed by atoms with Crippen molar-refractivity contribution in [1.82, 2.24) is 4.57 Å². The number of hydrogen-bond donors (Lipinski definition) is 1. The summed E-state index contributed by atoms with van der Waals surface area (Å²) in [6.07, 6.45) is 7.78. The molecule has 1 aliphatic carbocycles. The van der Waals surface area contributed by atoms with Crippen LogP contribution < -0.4 is 0 Å². The molecule has 1 aromatic carbocycles. The van der Waals surface area contributed by atoms with Gasteiger partial charge < -0.3 is 9.67 Å². The van der Waals surface area contributed by atoms with Gasteiger partial charge in [-0.15, -0.1) is 0 Å². The Balaban J connectivity index is 1.84. The van der Waals surface area contributed by atoms with Gasteiger partial charge in [-0.2, -0.15) is 0 Å². The van der Waals surface area contributed by atoms with Gasteiger partial charge in [-0.05, 0) is 42.5 Å². The zero-order chi connectivity index (χ0) is 14.1. The van der Waals surface area contributed by atoms with Gasteiger partial charge >= 0.3 is 0 Å². The van der Waals surface area contributed by atoms with Crippen LogP contribution in [0.3, 0.4) is 0 Å². The van der Waals surface area contributed by atoms with Crippen LogP contribution in [-0.4, -0.2) is 9.67 Å². The van der Waals surface area contributed by atoms with E-state index in [-0.39, 0.29) is 11.1 Å². The number of aliphatic hydroxyl groups is 1. The molecule has 0 fully saturated rings. The van der Waals surface area contributed by atoms with Crippen LogP contribution in [0.4, 0.5) is 4.39 Å². The summed E-state index contributed by atoms with van der Waals surface area (Å²) >= 11 is 5.80. The molecule has 20 heavy (non-hydrogen) atoms. The number of rotatable bonds is 2. The van der Waals surface area contributed by atoms with E-state index in [0.717, 1.165) is 36.8 Å². The second-order valence-electron chi connectivity index (χ2n) is 5.42. The standard InChI is InChI=1S/C16H17ClFNO/c17-14-7-11(5-6-15(14)18)8-19-9-12-3-1-2-4-16(20)13(12)10-19/h5-7,9-10,16,20H,1-4,8H2. The van der Waals surface area contributed by atoms with Crippen molar-refractivity contribution in [1.29, 1.82) is 0 Å². The van der Waals surface area contributed by atoms with Gasteiger partial charge in [0.1, 0.15) is 5.82 Å². The Morgan fingerprint density at radius 1 is 1.30 bits per heavy atom. The highest BCUT2D eigenvalue weighted by atomic mass is 35.5. The van der Waals surface area contributed by atoms with Crippen LogP contribution in [0.25, 0.3) is 0 Å². The average molecular weight is 294 g/mol. The molecule has 0 aliphatic heterocycles. The molecule has 1 N–H and O–H groups in total. The summed E-state index contributed by atoms with van der Waals surface area (Å²) in [7, 11) is 0. The Bertz CT molecular complexity index is 623. The number of aryl methyl sites for hydroxylation is 1. The van der Waals surface area contributed by atoms with Crippen molar-refractivity contribution >= 4 is 11.6 Å². The van der Waals surface area contributed by atoms with Crippen molar-refractivity contribution in [3.05, 3.63) is 58.1 Å². The number of hydrogen-bond acceptors (Lipinski definition) is 1. The Hall–Kier alpha value is -1.32. The normalized spacial score (nSPS) is 18.6. The van der Waals surface area contributed by atoms with Gasteiger partial charge in [-0.25, -0.2) is 4.39 Å². The van der Waals surface area contributed by atoms with E-state index in [1.54, 1.807) is 12.1 Å². The van der Waals surface area contributed by atoms with Gasteiger partial charge in [0, 0.05) is 24.5 Å². The van der Waals surface area contributed by atoms with Crippen LogP contribution in [0.15, 0.2) is 30.6 Å². The summed E-state index contributed by atoms with van der Waals surface area (Å²) in [4.78, 5) is 0. The van der Waals surface area contributed by atoms with Crippen molar-refractivity contribution < 1.29 is 9.50 Å². The molecular formula is C16H17ClFNO. The third kappa shape index (κ3) is 2.74. The van der Waals surface area contributed by atoms with E-state index >= 15 is 0 Å². The van der Waals surface area contributed by atoms with E-state index in [0.29, 0.717) is 6.54 Å². The Kier molecular flexibility index (Phi) is 3.81. The van der Waals surface area contributed by atoms with Crippen molar-refractivity contribution in [2.45, 2.75) is 38.3 Å². The fraction of sp³-hybridized carbons (Fsp3) is 0.375. The lowest BCUT2D eigenvalue weighted by atomic mass is 10.1. The molecule has 1 unspecified atom stereocenters. The molecule has 4 heteroatoms. The summed E-state index contributed by atoms with van der Waals surface area (Å²) < 4.78 is 15.2. The van der Waals surface area contributed by atoms with Gasteiger partial charge in [0.25, 0.3) is 0 Å². The summed E-state index contributed by atoms with van der Waals surface area (Å²) in [5, 5.41) is 10.3. The SMILES string of the molecule is OC1CCCCc2cn(Cc3ccc(F)c(Cl)c3)cc21.